The van der Waals surface area contributed by atoms with Crippen LogP contribution >= 0.6 is 11.6 Å². The zero-order valence-corrected chi connectivity index (χ0v) is 16.2. The first-order valence-corrected chi connectivity index (χ1v) is 9.69. The number of hydrogen-bond acceptors (Lipinski definition) is 4. The van der Waals surface area contributed by atoms with Gasteiger partial charge >= 0.3 is 0 Å². The summed E-state index contributed by atoms with van der Waals surface area (Å²) in [5, 5.41) is 1.07. The highest BCUT2D eigenvalue weighted by Crippen LogP contribution is 2.38. The van der Waals surface area contributed by atoms with E-state index in [1.807, 2.05) is 19.1 Å². The number of rotatable bonds is 6. The van der Waals surface area contributed by atoms with Crippen LogP contribution in [0, 0.1) is 0 Å². The zero-order valence-electron chi connectivity index (χ0n) is 15.5. The number of ether oxygens (including phenoxy) is 1. The van der Waals surface area contributed by atoms with Gasteiger partial charge in [-0.05, 0) is 43.2 Å². The Bertz CT molecular complexity index is 1070. The first-order valence-electron chi connectivity index (χ1n) is 9.31. The topological polar surface area (TPSA) is 59.8 Å². The zero-order chi connectivity index (χ0) is 19.7. The lowest BCUT2D eigenvalue weighted by atomic mass is 9.98. The van der Waals surface area contributed by atoms with Gasteiger partial charge < -0.3 is 14.1 Å². The van der Waals surface area contributed by atoms with Crippen LogP contribution in [0.3, 0.4) is 0 Å². The van der Waals surface area contributed by atoms with E-state index in [0.717, 1.165) is 5.56 Å². The third-order valence-electron chi connectivity index (χ3n) is 4.95. The molecule has 0 unspecified atom stereocenters. The molecule has 0 bridgehead atoms. The molecule has 4 rings (SSSR count). The van der Waals surface area contributed by atoms with Crippen molar-refractivity contribution < 1.29 is 13.9 Å². The summed E-state index contributed by atoms with van der Waals surface area (Å²) < 4.78 is 11.3. The predicted octanol–water partition coefficient (Wildman–Crippen LogP) is 4.42. The molecule has 3 aromatic rings. The van der Waals surface area contributed by atoms with Crippen molar-refractivity contribution in [3.05, 3.63) is 80.7 Å². The Morgan fingerprint density at radius 1 is 1.11 bits per heavy atom. The summed E-state index contributed by atoms with van der Waals surface area (Å²) in [4.78, 5) is 28.1. The van der Waals surface area contributed by atoms with Crippen LogP contribution in [-0.4, -0.2) is 30.6 Å². The summed E-state index contributed by atoms with van der Waals surface area (Å²) >= 11 is 6.03. The Kier molecular flexibility index (Phi) is 5.20. The number of carbonyl (C=O) groups excluding carboxylic acids is 1. The van der Waals surface area contributed by atoms with Crippen molar-refractivity contribution in [2.45, 2.75) is 19.4 Å². The van der Waals surface area contributed by atoms with E-state index in [-0.39, 0.29) is 17.1 Å². The number of nitrogens with zero attached hydrogens (tertiary/aromatic N) is 1. The number of amides is 1. The highest BCUT2D eigenvalue weighted by Gasteiger charge is 2.42. The molecule has 0 N–H and O–H groups in total. The average Bonchev–Trinajstić information content (AvgIpc) is 2.98. The molecule has 0 saturated heterocycles. The lowest BCUT2D eigenvalue weighted by molar-refractivity contribution is 0.0696. The minimum atomic E-state index is -0.498. The van der Waals surface area contributed by atoms with Crippen molar-refractivity contribution in [3.63, 3.8) is 0 Å². The third-order valence-corrected chi connectivity index (χ3v) is 5.20. The number of para-hydroxylation sites is 1. The average molecular weight is 398 g/mol. The van der Waals surface area contributed by atoms with Crippen molar-refractivity contribution in [2.75, 3.05) is 19.8 Å². The van der Waals surface area contributed by atoms with Crippen LogP contribution in [-0.2, 0) is 4.74 Å². The fraction of sp³-hybridized carbons (Fsp3) is 0.273. The molecule has 144 valence electrons. The van der Waals surface area contributed by atoms with Gasteiger partial charge in [-0.15, -0.1) is 0 Å². The largest absolute Gasteiger partial charge is 0.450 e. The number of hydrogen-bond donors (Lipinski definition) is 0. The first-order chi connectivity index (χ1) is 13.6. The Labute approximate surface area is 167 Å². The Balaban J connectivity index is 1.84. The SMILES string of the molecule is CCOCCCN1C(=O)c2oc3ccccc3c(=O)c2[C@@H]1c1ccc(Cl)cc1. The van der Waals surface area contributed by atoms with Crippen molar-refractivity contribution in [3.8, 4) is 0 Å². The van der Waals surface area contributed by atoms with Crippen LogP contribution in [0.5, 0.6) is 0 Å². The molecule has 2 heterocycles. The van der Waals surface area contributed by atoms with E-state index in [1.54, 1.807) is 41.3 Å². The van der Waals surface area contributed by atoms with Crippen LogP contribution in [0.4, 0.5) is 0 Å². The van der Waals surface area contributed by atoms with Gasteiger partial charge in [0, 0.05) is 24.8 Å². The van der Waals surface area contributed by atoms with Crippen molar-refractivity contribution in [2.24, 2.45) is 0 Å². The molecule has 1 amide bonds. The molecule has 1 aromatic heterocycles. The molecular formula is C22H20ClNO4. The quantitative estimate of drug-likeness (QED) is 0.578. The van der Waals surface area contributed by atoms with E-state index in [9.17, 15) is 9.59 Å². The fourth-order valence-electron chi connectivity index (χ4n) is 3.67. The van der Waals surface area contributed by atoms with Crippen molar-refractivity contribution >= 4 is 28.5 Å². The van der Waals surface area contributed by atoms with Gasteiger partial charge in [0.05, 0.1) is 17.0 Å². The second-order valence-corrected chi connectivity index (χ2v) is 7.11. The summed E-state index contributed by atoms with van der Waals surface area (Å²) in [6.45, 7) is 3.57. The van der Waals surface area contributed by atoms with Gasteiger partial charge in [0.15, 0.2) is 5.43 Å². The number of benzene rings is 2. The summed E-state index contributed by atoms with van der Waals surface area (Å²) in [5.74, 6) is -0.144. The van der Waals surface area contributed by atoms with E-state index in [0.29, 0.717) is 47.7 Å². The number of halogens is 1. The number of fused-ring (bicyclic) bond motifs is 2. The Morgan fingerprint density at radius 3 is 2.61 bits per heavy atom. The summed E-state index contributed by atoms with van der Waals surface area (Å²) in [6.07, 6.45) is 0.672. The molecule has 0 radical (unpaired) electrons. The van der Waals surface area contributed by atoms with Gasteiger partial charge in [-0.1, -0.05) is 35.9 Å². The molecule has 6 heteroatoms. The Hall–Kier alpha value is -2.63. The molecule has 0 fully saturated rings. The van der Waals surface area contributed by atoms with Crippen LogP contribution in [0.2, 0.25) is 5.02 Å². The second-order valence-electron chi connectivity index (χ2n) is 6.67. The molecule has 0 spiro atoms. The molecule has 1 aliphatic rings. The summed E-state index contributed by atoms with van der Waals surface area (Å²) in [7, 11) is 0. The van der Waals surface area contributed by atoms with Gasteiger partial charge in [0.2, 0.25) is 5.76 Å². The molecule has 0 saturated carbocycles. The molecular weight excluding hydrogens is 378 g/mol. The Morgan fingerprint density at radius 2 is 1.86 bits per heavy atom. The molecule has 0 aliphatic carbocycles. The monoisotopic (exact) mass is 397 g/mol. The van der Waals surface area contributed by atoms with Crippen molar-refractivity contribution in [1.29, 1.82) is 0 Å². The van der Waals surface area contributed by atoms with Gasteiger partial charge in [-0.2, -0.15) is 0 Å². The fourth-order valence-corrected chi connectivity index (χ4v) is 3.80. The van der Waals surface area contributed by atoms with E-state index in [2.05, 4.69) is 0 Å². The van der Waals surface area contributed by atoms with E-state index < -0.39 is 6.04 Å². The molecule has 5 nitrogen and oxygen atoms in total. The van der Waals surface area contributed by atoms with Crippen LogP contribution in [0.25, 0.3) is 11.0 Å². The van der Waals surface area contributed by atoms with Gasteiger partial charge in [0.1, 0.15) is 5.58 Å². The van der Waals surface area contributed by atoms with Crippen LogP contribution in [0.1, 0.15) is 41.1 Å². The standard InChI is InChI=1S/C22H20ClNO4/c1-2-27-13-5-12-24-19(14-8-10-15(23)11-9-14)18-20(25)16-6-3-4-7-17(16)28-21(18)22(24)26/h3-4,6-11,19H,2,5,12-13H2,1H3/t19-/m0/s1. The smallest absolute Gasteiger partial charge is 0.290 e. The van der Waals surface area contributed by atoms with Gasteiger partial charge in [0.25, 0.3) is 5.91 Å². The maximum atomic E-state index is 13.2. The van der Waals surface area contributed by atoms with E-state index in [1.165, 1.54) is 0 Å². The molecule has 1 atom stereocenters. The molecule has 1 aliphatic heterocycles. The van der Waals surface area contributed by atoms with E-state index in [4.69, 9.17) is 20.8 Å². The highest BCUT2D eigenvalue weighted by atomic mass is 35.5. The highest BCUT2D eigenvalue weighted by molar-refractivity contribution is 6.30. The van der Waals surface area contributed by atoms with Crippen LogP contribution < -0.4 is 5.43 Å². The van der Waals surface area contributed by atoms with E-state index >= 15 is 0 Å². The normalized spacial score (nSPS) is 16.0. The third kappa shape index (κ3) is 3.21. The predicted molar refractivity (Wildman–Crippen MR) is 108 cm³/mol. The van der Waals surface area contributed by atoms with Crippen molar-refractivity contribution in [1.82, 2.24) is 4.90 Å². The lowest BCUT2D eigenvalue weighted by Crippen LogP contribution is -2.31. The minimum Gasteiger partial charge on any atom is -0.450 e. The maximum Gasteiger partial charge on any atom is 0.290 e. The minimum absolute atomic E-state index is 0.125. The lowest BCUT2D eigenvalue weighted by Gasteiger charge is -2.25. The maximum absolute atomic E-state index is 13.2. The summed E-state index contributed by atoms with van der Waals surface area (Å²) in [6, 6.07) is 13.7. The van der Waals surface area contributed by atoms with Crippen LogP contribution in [0.15, 0.2) is 57.7 Å². The first kappa shape index (κ1) is 18.7. The molecule has 28 heavy (non-hydrogen) atoms. The van der Waals surface area contributed by atoms with Gasteiger partial charge in [-0.25, -0.2) is 0 Å². The number of carbonyl (C=O) groups is 1. The summed E-state index contributed by atoms with van der Waals surface area (Å²) in [5.41, 5.74) is 1.47. The van der Waals surface area contributed by atoms with Gasteiger partial charge in [-0.3, -0.25) is 9.59 Å². The second kappa shape index (κ2) is 7.78. The molecule has 2 aromatic carbocycles.